The lowest BCUT2D eigenvalue weighted by Gasteiger charge is -2.12. The minimum absolute atomic E-state index is 0.0311. The molecule has 2 aromatic carbocycles. The van der Waals surface area contributed by atoms with E-state index < -0.39 is 10.0 Å². The van der Waals surface area contributed by atoms with Crippen LogP contribution in [-0.4, -0.2) is 35.5 Å². The smallest absolute Gasteiger partial charge is 0.263 e. The van der Waals surface area contributed by atoms with Crippen molar-refractivity contribution < 1.29 is 13.2 Å². The molecule has 33 heavy (non-hydrogen) atoms. The highest BCUT2D eigenvalue weighted by Gasteiger charge is 2.20. The fourth-order valence-corrected chi connectivity index (χ4v) is 5.04. The van der Waals surface area contributed by atoms with Crippen LogP contribution in [0, 0.1) is 0 Å². The molecule has 0 aliphatic rings. The Morgan fingerprint density at radius 3 is 2.52 bits per heavy atom. The molecule has 4 aromatic rings. The number of fused-ring (bicyclic) bond motifs is 1. The van der Waals surface area contributed by atoms with Crippen LogP contribution >= 0.6 is 23.2 Å². The van der Waals surface area contributed by atoms with Crippen molar-refractivity contribution in [3.63, 3.8) is 0 Å². The number of aromatic amines is 1. The minimum Gasteiger partial charge on any atom is -0.350 e. The van der Waals surface area contributed by atoms with Gasteiger partial charge in [0.2, 0.25) is 0 Å². The van der Waals surface area contributed by atoms with Crippen molar-refractivity contribution in [1.82, 2.24) is 20.5 Å². The highest BCUT2D eigenvalue weighted by Crippen LogP contribution is 2.31. The molecular weight excluding hydrogens is 485 g/mol. The number of nitrogens with zero attached hydrogens (tertiary/aromatic N) is 2. The number of anilines is 1. The third kappa shape index (κ3) is 4.80. The van der Waals surface area contributed by atoms with Gasteiger partial charge in [0.15, 0.2) is 5.65 Å². The Kier molecular flexibility index (Phi) is 6.29. The number of aromatic nitrogens is 3. The van der Waals surface area contributed by atoms with E-state index in [0.29, 0.717) is 33.5 Å². The molecule has 11 heteroatoms. The zero-order chi connectivity index (χ0) is 23.8. The van der Waals surface area contributed by atoms with E-state index in [1.807, 2.05) is 13.8 Å². The van der Waals surface area contributed by atoms with Crippen LogP contribution in [-0.2, 0) is 10.0 Å². The maximum atomic E-state index is 12.7. The predicted octanol–water partition coefficient (Wildman–Crippen LogP) is 4.87. The van der Waals surface area contributed by atoms with Gasteiger partial charge in [-0.25, -0.2) is 13.4 Å². The van der Waals surface area contributed by atoms with Gasteiger partial charge in [0.1, 0.15) is 4.90 Å². The Morgan fingerprint density at radius 2 is 1.82 bits per heavy atom. The monoisotopic (exact) mass is 503 g/mol. The van der Waals surface area contributed by atoms with E-state index in [-0.39, 0.29) is 26.9 Å². The van der Waals surface area contributed by atoms with Crippen molar-refractivity contribution in [2.24, 2.45) is 0 Å². The molecule has 0 fully saturated rings. The average Bonchev–Trinajstić information content (AvgIpc) is 3.23. The number of amides is 1. The molecule has 1 amide bonds. The number of sulfonamides is 1. The zero-order valence-electron chi connectivity index (χ0n) is 17.6. The number of benzene rings is 2. The molecule has 0 saturated heterocycles. The Labute approximate surface area is 200 Å². The number of rotatable bonds is 6. The molecule has 0 atom stereocenters. The topological polar surface area (TPSA) is 117 Å². The fraction of sp³-hybridized carbons (Fsp3) is 0.136. The lowest BCUT2D eigenvalue weighted by atomic mass is 10.1. The number of hydrogen-bond donors (Lipinski definition) is 3. The Hall–Kier alpha value is -3.14. The van der Waals surface area contributed by atoms with E-state index in [2.05, 4.69) is 25.2 Å². The summed E-state index contributed by atoms with van der Waals surface area (Å²) in [5, 5.41) is 10.4. The van der Waals surface area contributed by atoms with Crippen molar-refractivity contribution in [3.8, 4) is 11.3 Å². The van der Waals surface area contributed by atoms with Crippen molar-refractivity contribution in [3.05, 3.63) is 70.3 Å². The van der Waals surface area contributed by atoms with Gasteiger partial charge in [0.25, 0.3) is 15.9 Å². The number of carbonyl (C=O) groups excluding carboxylic acids is 1. The summed E-state index contributed by atoms with van der Waals surface area (Å²) in [6.07, 6.45) is 1.56. The van der Waals surface area contributed by atoms with Gasteiger partial charge in [0.05, 0.1) is 32.9 Å². The van der Waals surface area contributed by atoms with E-state index in [1.165, 1.54) is 18.2 Å². The van der Waals surface area contributed by atoms with Crippen molar-refractivity contribution >= 4 is 55.9 Å². The summed E-state index contributed by atoms with van der Waals surface area (Å²) in [5.74, 6) is -0.233. The van der Waals surface area contributed by atoms with Crippen LogP contribution in [0.25, 0.3) is 22.3 Å². The van der Waals surface area contributed by atoms with Crippen LogP contribution in [0.3, 0.4) is 0 Å². The number of nitrogens with one attached hydrogen (secondary N) is 3. The number of hydrogen-bond acceptors (Lipinski definition) is 5. The predicted molar refractivity (Wildman–Crippen MR) is 129 cm³/mol. The highest BCUT2D eigenvalue weighted by atomic mass is 35.5. The lowest BCUT2D eigenvalue weighted by molar-refractivity contribution is 0.0944. The summed E-state index contributed by atoms with van der Waals surface area (Å²) in [4.78, 5) is 17.1. The van der Waals surface area contributed by atoms with E-state index in [9.17, 15) is 13.2 Å². The molecule has 0 aliphatic carbocycles. The SMILES string of the molecule is CC(C)NC(=O)c1cc(-c2ccc(NS(=O)(=O)c3cccc(Cl)c3Cl)cc2)nc2[nH]ncc12. The van der Waals surface area contributed by atoms with Crippen LogP contribution < -0.4 is 10.0 Å². The summed E-state index contributed by atoms with van der Waals surface area (Å²) in [7, 11) is -3.94. The number of carbonyl (C=O) groups is 1. The summed E-state index contributed by atoms with van der Waals surface area (Å²) < 4.78 is 28.0. The number of halogens is 2. The second kappa shape index (κ2) is 9.01. The van der Waals surface area contributed by atoms with E-state index in [0.717, 1.165) is 0 Å². The van der Waals surface area contributed by atoms with E-state index in [1.54, 1.807) is 36.5 Å². The zero-order valence-corrected chi connectivity index (χ0v) is 19.9. The minimum atomic E-state index is -3.94. The van der Waals surface area contributed by atoms with Gasteiger partial charge < -0.3 is 5.32 Å². The van der Waals surface area contributed by atoms with Crippen LogP contribution in [0.4, 0.5) is 5.69 Å². The molecule has 170 valence electrons. The first-order valence-corrected chi connectivity index (χ1v) is 12.1. The summed E-state index contributed by atoms with van der Waals surface area (Å²) >= 11 is 12.0. The lowest BCUT2D eigenvalue weighted by Crippen LogP contribution is -2.30. The molecule has 0 saturated carbocycles. The number of pyridine rings is 1. The van der Waals surface area contributed by atoms with Gasteiger partial charge in [-0.2, -0.15) is 5.10 Å². The normalized spacial score (nSPS) is 11.7. The molecule has 0 bridgehead atoms. The molecule has 0 aliphatic heterocycles. The maximum Gasteiger partial charge on any atom is 0.263 e. The first kappa shape index (κ1) is 23.0. The first-order valence-electron chi connectivity index (χ1n) is 9.88. The quantitative estimate of drug-likeness (QED) is 0.346. The number of H-pyrrole nitrogens is 1. The molecule has 4 rings (SSSR count). The molecular formula is C22H19Cl2N5O3S. The van der Waals surface area contributed by atoms with Crippen LogP contribution in [0.5, 0.6) is 0 Å². The van der Waals surface area contributed by atoms with Gasteiger partial charge >= 0.3 is 0 Å². The Bertz CT molecular complexity index is 1450. The molecule has 0 radical (unpaired) electrons. The molecule has 8 nitrogen and oxygen atoms in total. The van der Waals surface area contributed by atoms with Gasteiger partial charge in [0, 0.05) is 17.3 Å². The third-order valence-electron chi connectivity index (χ3n) is 4.73. The standard InChI is InChI=1S/C22H19Cl2N5O3S/c1-12(2)26-22(30)15-10-18(27-21-16(15)11-25-28-21)13-6-8-14(9-7-13)29-33(31,32)19-5-3-4-17(23)20(19)24/h3-12,29H,1-2H3,(H,26,30)(H,25,27,28). The third-order valence-corrected chi connectivity index (χ3v) is 7.08. The summed E-state index contributed by atoms with van der Waals surface area (Å²) in [5.41, 5.74) is 2.47. The van der Waals surface area contributed by atoms with Crippen molar-refractivity contribution in [2.75, 3.05) is 4.72 Å². The van der Waals surface area contributed by atoms with Crippen LogP contribution in [0.15, 0.2) is 59.6 Å². The highest BCUT2D eigenvalue weighted by molar-refractivity contribution is 7.92. The second-order valence-corrected chi connectivity index (χ2v) is 9.99. The second-order valence-electron chi connectivity index (χ2n) is 7.55. The first-order chi connectivity index (χ1) is 15.7. The van der Waals surface area contributed by atoms with Gasteiger partial charge in [-0.15, -0.1) is 0 Å². The van der Waals surface area contributed by atoms with E-state index >= 15 is 0 Å². The van der Waals surface area contributed by atoms with E-state index in [4.69, 9.17) is 23.2 Å². The van der Waals surface area contributed by atoms with Crippen LogP contribution in [0.1, 0.15) is 24.2 Å². The largest absolute Gasteiger partial charge is 0.350 e. The average molecular weight is 504 g/mol. The molecule has 0 spiro atoms. The Balaban J connectivity index is 1.65. The summed E-state index contributed by atoms with van der Waals surface area (Å²) in [6.45, 7) is 3.76. The fourth-order valence-electron chi connectivity index (χ4n) is 3.22. The van der Waals surface area contributed by atoms with Crippen molar-refractivity contribution in [2.45, 2.75) is 24.8 Å². The molecule has 3 N–H and O–H groups in total. The van der Waals surface area contributed by atoms with Gasteiger partial charge in [-0.05, 0) is 44.2 Å². The molecule has 2 heterocycles. The Morgan fingerprint density at radius 1 is 1.09 bits per heavy atom. The van der Waals surface area contributed by atoms with Crippen LogP contribution in [0.2, 0.25) is 10.0 Å². The van der Waals surface area contributed by atoms with Gasteiger partial charge in [-0.1, -0.05) is 41.4 Å². The maximum absolute atomic E-state index is 12.7. The summed E-state index contributed by atoms with van der Waals surface area (Å²) in [6, 6.07) is 12.6. The van der Waals surface area contributed by atoms with Gasteiger partial charge in [-0.3, -0.25) is 14.6 Å². The molecule has 0 unspecified atom stereocenters. The van der Waals surface area contributed by atoms with Crippen molar-refractivity contribution in [1.29, 1.82) is 0 Å². The molecule has 2 aromatic heterocycles.